The number of nitrogens with zero attached hydrogens (tertiary/aromatic N) is 6. The minimum atomic E-state index is -0.133. The highest BCUT2D eigenvalue weighted by atomic mass is 16.3. The van der Waals surface area contributed by atoms with Crippen molar-refractivity contribution < 1.29 is 9.90 Å². The Morgan fingerprint density at radius 2 is 2.08 bits per heavy atom. The van der Waals surface area contributed by atoms with Crippen LogP contribution in [-0.4, -0.2) is 55.3 Å². The van der Waals surface area contributed by atoms with Crippen molar-refractivity contribution in [3.8, 4) is 5.75 Å². The first-order chi connectivity index (χ1) is 12.6. The average Bonchev–Trinajstić information content (AvgIpc) is 3.08. The molecule has 3 aromatic rings. The van der Waals surface area contributed by atoms with Crippen LogP contribution in [0.5, 0.6) is 5.75 Å². The Bertz CT molecular complexity index is 947. The monoisotopic (exact) mass is 353 g/mol. The van der Waals surface area contributed by atoms with Crippen molar-refractivity contribution in [1.29, 1.82) is 0 Å². The highest BCUT2D eigenvalue weighted by molar-refractivity contribution is 5.97. The third-order valence-corrected chi connectivity index (χ3v) is 4.64. The van der Waals surface area contributed by atoms with Gasteiger partial charge in [0.1, 0.15) is 5.75 Å². The maximum absolute atomic E-state index is 12.5. The van der Waals surface area contributed by atoms with Gasteiger partial charge in [0.25, 0.3) is 5.91 Å². The van der Waals surface area contributed by atoms with E-state index in [1.54, 1.807) is 28.9 Å². The van der Waals surface area contributed by atoms with E-state index >= 15 is 0 Å². The summed E-state index contributed by atoms with van der Waals surface area (Å²) in [5.74, 6) is 0.773. The van der Waals surface area contributed by atoms with Crippen molar-refractivity contribution in [1.82, 2.24) is 30.5 Å². The predicted molar refractivity (Wildman–Crippen MR) is 94.9 cm³/mol. The summed E-state index contributed by atoms with van der Waals surface area (Å²) in [6.45, 7) is 1.57. The summed E-state index contributed by atoms with van der Waals surface area (Å²) in [6, 6.07) is 6.81. The number of phenols is 1. The molecule has 3 heterocycles. The number of aromatic hydroxyl groups is 1. The summed E-state index contributed by atoms with van der Waals surface area (Å²) in [7, 11) is 1.82. The number of carbonyl (C=O) groups is 1. The molecule has 2 N–H and O–H groups in total. The Balaban J connectivity index is 1.40. The number of piperidine rings is 1. The van der Waals surface area contributed by atoms with Crippen molar-refractivity contribution in [2.45, 2.75) is 18.9 Å². The first-order valence-corrected chi connectivity index (χ1v) is 8.47. The van der Waals surface area contributed by atoms with Gasteiger partial charge >= 0.3 is 0 Å². The molecule has 1 saturated heterocycles. The van der Waals surface area contributed by atoms with E-state index in [9.17, 15) is 9.90 Å². The molecular weight excluding hydrogens is 334 g/mol. The van der Waals surface area contributed by atoms with Crippen molar-refractivity contribution >= 4 is 22.8 Å². The molecule has 0 unspecified atom stereocenters. The Kier molecular flexibility index (Phi) is 4.11. The van der Waals surface area contributed by atoms with E-state index < -0.39 is 0 Å². The van der Waals surface area contributed by atoms with E-state index in [2.05, 4.69) is 30.7 Å². The molecule has 2 aromatic heterocycles. The lowest BCUT2D eigenvalue weighted by atomic mass is 10.0. The largest absolute Gasteiger partial charge is 0.508 e. The maximum atomic E-state index is 12.5. The van der Waals surface area contributed by atoms with Crippen molar-refractivity contribution in [2.24, 2.45) is 7.05 Å². The number of nitrogens with one attached hydrogen (secondary N) is 1. The molecule has 1 aliphatic heterocycles. The van der Waals surface area contributed by atoms with Crippen LogP contribution >= 0.6 is 0 Å². The number of amides is 1. The highest BCUT2D eigenvalue weighted by Gasteiger charge is 2.24. The molecule has 0 bridgehead atoms. The van der Waals surface area contributed by atoms with Gasteiger partial charge in [-0.1, -0.05) is 5.10 Å². The first kappa shape index (κ1) is 16.2. The molecule has 1 aromatic carbocycles. The van der Waals surface area contributed by atoms with Crippen molar-refractivity contribution in [3.05, 3.63) is 36.0 Å². The zero-order valence-electron chi connectivity index (χ0n) is 14.3. The molecule has 0 atom stereocenters. The number of tetrazole rings is 1. The summed E-state index contributed by atoms with van der Waals surface area (Å²) < 4.78 is 1.65. The molecule has 1 aliphatic rings. The highest BCUT2D eigenvalue weighted by Crippen LogP contribution is 2.20. The van der Waals surface area contributed by atoms with Crippen LogP contribution < -0.4 is 10.2 Å². The number of hydrogen-bond donors (Lipinski definition) is 2. The van der Waals surface area contributed by atoms with Gasteiger partial charge in [-0.05, 0) is 41.5 Å². The van der Waals surface area contributed by atoms with Crippen LogP contribution in [0.15, 0.2) is 30.5 Å². The van der Waals surface area contributed by atoms with Crippen LogP contribution in [0.3, 0.4) is 0 Å². The minimum absolute atomic E-state index is 0.107. The fraction of sp³-hybridized carbons (Fsp3) is 0.353. The van der Waals surface area contributed by atoms with Crippen LogP contribution in [0.25, 0.3) is 10.9 Å². The molecule has 4 rings (SSSR count). The van der Waals surface area contributed by atoms with Gasteiger partial charge in [-0.15, -0.1) is 0 Å². The van der Waals surface area contributed by atoms with E-state index in [0.717, 1.165) is 37.3 Å². The zero-order valence-corrected chi connectivity index (χ0v) is 14.3. The third-order valence-electron chi connectivity index (χ3n) is 4.64. The lowest BCUT2D eigenvalue weighted by molar-refractivity contribution is 0.0931. The topological polar surface area (TPSA) is 109 Å². The van der Waals surface area contributed by atoms with Gasteiger partial charge in [-0.3, -0.25) is 9.78 Å². The van der Waals surface area contributed by atoms with Crippen LogP contribution in [0, 0.1) is 0 Å². The van der Waals surface area contributed by atoms with Crippen LogP contribution in [-0.2, 0) is 7.05 Å². The van der Waals surface area contributed by atoms with Crippen LogP contribution in [0.4, 0.5) is 5.95 Å². The Labute approximate surface area is 149 Å². The number of phenolic OH excluding ortho intramolecular Hbond substituents is 1. The molecule has 9 nitrogen and oxygen atoms in total. The summed E-state index contributed by atoms with van der Waals surface area (Å²) in [6.07, 6.45) is 3.19. The fourth-order valence-corrected chi connectivity index (χ4v) is 3.22. The zero-order chi connectivity index (χ0) is 18.1. The fourth-order valence-electron chi connectivity index (χ4n) is 3.22. The van der Waals surface area contributed by atoms with Crippen molar-refractivity contribution in [3.63, 3.8) is 0 Å². The lowest BCUT2D eigenvalue weighted by Crippen LogP contribution is -2.45. The summed E-state index contributed by atoms with van der Waals surface area (Å²) in [5, 5.41) is 24.9. The van der Waals surface area contributed by atoms with Gasteiger partial charge in [-0.25, -0.2) is 4.68 Å². The minimum Gasteiger partial charge on any atom is -0.508 e. The number of pyridine rings is 1. The maximum Gasteiger partial charge on any atom is 0.253 e. The van der Waals surface area contributed by atoms with E-state index in [1.165, 1.54) is 6.20 Å². The second-order valence-electron chi connectivity index (χ2n) is 6.44. The number of aromatic nitrogens is 5. The lowest BCUT2D eigenvalue weighted by Gasteiger charge is -2.32. The first-order valence-electron chi connectivity index (χ1n) is 8.47. The van der Waals surface area contributed by atoms with Crippen LogP contribution in [0.1, 0.15) is 23.2 Å². The van der Waals surface area contributed by atoms with Gasteiger partial charge in [0.2, 0.25) is 5.95 Å². The number of rotatable bonds is 3. The molecule has 1 amide bonds. The van der Waals surface area contributed by atoms with E-state index in [0.29, 0.717) is 11.1 Å². The van der Waals surface area contributed by atoms with Gasteiger partial charge in [-0.2, -0.15) is 0 Å². The number of fused-ring (bicyclic) bond motifs is 1. The smallest absolute Gasteiger partial charge is 0.253 e. The van der Waals surface area contributed by atoms with Crippen LogP contribution in [0.2, 0.25) is 0 Å². The Hall–Kier alpha value is -3.23. The van der Waals surface area contributed by atoms with Gasteiger partial charge in [0, 0.05) is 43.8 Å². The van der Waals surface area contributed by atoms with Gasteiger partial charge in [0.05, 0.1) is 11.1 Å². The number of carbonyl (C=O) groups excluding carboxylic acids is 1. The summed E-state index contributed by atoms with van der Waals surface area (Å²) >= 11 is 0. The second kappa shape index (κ2) is 6.58. The quantitative estimate of drug-likeness (QED) is 0.719. The number of anilines is 1. The predicted octanol–water partition coefficient (Wildman–Crippen LogP) is 0.863. The average molecular weight is 353 g/mol. The molecule has 0 saturated carbocycles. The Morgan fingerprint density at radius 3 is 2.81 bits per heavy atom. The summed E-state index contributed by atoms with van der Waals surface area (Å²) in [4.78, 5) is 18.9. The standard InChI is InChI=1S/C17H19N7O2/c1-23-17(20-21-22-23)24-6-4-13(5-7-24)19-16(26)12-8-11-2-3-14(25)9-15(11)18-10-12/h2-3,8-10,13,25H,4-7H2,1H3,(H,19,26). The molecular formula is C17H19N7O2. The molecule has 134 valence electrons. The SMILES string of the molecule is Cn1nnnc1N1CCC(NC(=O)c2cnc3cc(O)ccc3c2)CC1. The molecule has 0 radical (unpaired) electrons. The summed E-state index contributed by atoms with van der Waals surface area (Å²) in [5.41, 5.74) is 1.18. The molecule has 9 heteroatoms. The molecule has 1 fully saturated rings. The second-order valence-corrected chi connectivity index (χ2v) is 6.44. The molecule has 26 heavy (non-hydrogen) atoms. The van der Waals surface area contributed by atoms with Gasteiger partial charge < -0.3 is 15.3 Å². The van der Waals surface area contributed by atoms with E-state index in [-0.39, 0.29) is 17.7 Å². The Morgan fingerprint density at radius 1 is 1.27 bits per heavy atom. The number of benzene rings is 1. The normalized spacial score (nSPS) is 15.3. The number of aryl methyl sites for hydroxylation is 1. The van der Waals surface area contributed by atoms with E-state index in [4.69, 9.17) is 0 Å². The third kappa shape index (κ3) is 3.15. The van der Waals surface area contributed by atoms with E-state index in [1.807, 2.05) is 7.05 Å². The molecule has 0 spiro atoms. The number of hydrogen-bond acceptors (Lipinski definition) is 7. The van der Waals surface area contributed by atoms with Crippen molar-refractivity contribution in [2.75, 3.05) is 18.0 Å². The van der Waals surface area contributed by atoms with Gasteiger partial charge in [0.15, 0.2) is 0 Å². The molecule has 0 aliphatic carbocycles.